The predicted molar refractivity (Wildman–Crippen MR) is 80.5 cm³/mol. The molecule has 3 rings (SSSR count). The van der Waals surface area contributed by atoms with E-state index in [2.05, 4.69) is 4.98 Å². The molecule has 0 amide bonds. The second kappa shape index (κ2) is 6.24. The number of nitrogens with zero attached hydrogens (tertiary/aromatic N) is 2. The third kappa shape index (κ3) is 3.12. The lowest BCUT2D eigenvalue weighted by Crippen LogP contribution is -2.10. The molecule has 0 saturated heterocycles. The minimum absolute atomic E-state index is 0.204. The first kappa shape index (κ1) is 13.4. The fraction of sp³-hybridized carbons (Fsp3) is 0.118. The molecule has 4 nitrogen and oxygen atoms in total. The second-order valence-electron chi connectivity index (χ2n) is 4.68. The molecule has 0 unspecified atom stereocenters. The van der Waals surface area contributed by atoms with Gasteiger partial charge in [0.1, 0.15) is 18.5 Å². The summed E-state index contributed by atoms with van der Waals surface area (Å²) in [5.74, 6) is 0.713. The number of ether oxygens (including phenoxy) is 1. The summed E-state index contributed by atoms with van der Waals surface area (Å²) in [6.45, 7) is 0.204. The third-order valence-electron chi connectivity index (χ3n) is 3.23. The van der Waals surface area contributed by atoms with Crippen LogP contribution in [0.5, 0.6) is 5.75 Å². The summed E-state index contributed by atoms with van der Waals surface area (Å²) in [5.41, 5.74) is 1.74. The second-order valence-corrected chi connectivity index (χ2v) is 4.68. The zero-order chi connectivity index (χ0) is 14.5. The molecule has 1 heterocycles. The van der Waals surface area contributed by atoms with Crippen LogP contribution in [0.4, 0.5) is 0 Å². The smallest absolute Gasteiger partial charge is 0.143 e. The molecular formula is C17H16N2O2. The first-order chi connectivity index (χ1) is 10.3. The topological polar surface area (TPSA) is 47.3 Å². The van der Waals surface area contributed by atoms with Crippen molar-refractivity contribution in [3.05, 3.63) is 78.9 Å². The van der Waals surface area contributed by atoms with E-state index in [1.807, 2.05) is 65.4 Å². The highest BCUT2D eigenvalue weighted by Crippen LogP contribution is 2.23. The maximum atomic E-state index is 10.2. The van der Waals surface area contributed by atoms with Gasteiger partial charge in [0.05, 0.1) is 12.0 Å². The highest BCUT2D eigenvalue weighted by Gasteiger charge is 2.10. The third-order valence-corrected chi connectivity index (χ3v) is 3.23. The van der Waals surface area contributed by atoms with Crippen LogP contribution >= 0.6 is 0 Å². The summed E-state index contributed by atoms with van der Waals surface area (Å²) in [4.78, 5) is 4.04. The van der Waals surface area contributed by atoms with E-state index in [-0.39, 0.29) is 6.61 Å². The first-order valence-corrected chi connectivity index (χ1v) is 6.78. The van der Waals surface area contributed by atoms with E-state index in [1.54, 1.807) is 12.5 Å². The number of para-hydroxylation sites is 2. The Morgan fingerprint density at radius 3 is 2.57 bits per heavy atom. The minimum Gasteiger partial charge on any atom is -0.488 e. The predicted octanol–water partition coefficient (Wildman–Crippen LogP) is 2.98. The van der Waals surface area contributed by atoms with E-state index in [9.17, 15) is 5.11 Å². The quantitative estimate of drug-likeness (QED) is 0.781. The molecule has 0 bridgehead atoms. The van der Waals surface area contributed by atoms with E-state index in [0.29, 0.717) is 5.75 Å². The van der Waals surface area contributed by atoms with Gasteiger partial charge in [-0.15, -0.1) is 0 Å². The average molecular weight is 280 g/mol. The molecule has 21 heavy (non-hydrogen) atoms. The van der Waals surface area contributed by atoms with Crippen molar-refractivity contribution in [2.75, 3.05) is 6.61 Å². The summed E-state index contributed by atoms with van der Waals surface area (Å²) in [7, 11) is 0. The molecule has 3 aromatic rings. The number of hydrogen-bond donors (Lipinski definition) is 1. The Bertz CT molecular complexity index is 681. The lowest BCUT2D eigenvalue weighted by molar-refractivity contribution is 0.108. The maximum Gasteiger partial charge on any atom is 0.143 e. The average Bonchev–Trinajstić information content (AvgIpc) is 3.08. The molecular weight excluding hydrogens is 264 g/mol. The van der Waals surface area contributed by atoms with Crippen LogP contribution in [-0.2, 0) is 0 Å². The summed E-state index contributed by atoms with van der Waals surface area (Å²) < 4.78 is 7.66. The van der Waals surface area contributed by atoms with Crippen LogP contribution in [0.1, 0.15) is 11.7 Å². The van der Waals surface area contributed by atoms with E-state index >= 15 is 0 Å². The van der Waals surface area contributed by atoms with E-state index in [1.165, 1.54) is 0 Å². The molecule has 1 aromatic heterocycles. The molecule has 0 aliphatic heterocycles. The van der Waals surface area contributed by atoms with Crippen molar-refractivity contribution >= 4 is 0 Å². The van der Waals surface area contributed by atoms with Crippen molar-refractivity contribution in [2.45, 2.75) is 6.10 Å². The van der Waals surface area contributed by atoms with Crippen molar-refractivity contribution in [2.24, 2.45) is 0 Å². The first-order valence-electron chi connectivity index (χ1n) is 6.78. The molecule has 0 aliphatic rings. The number of benzene rings is 2. The Balaban J connectivity index is 1.74. The standard InChI is InChI=1S/C17H16N2O2/c20-16(14-6-2-1-3-7-14)12-21-17-9-5-4-8-15(17)19-11-10-18-13-19/h1-11,13,16,20H,12H2/t16-/m0/s1. The van der Waals surface area contributed by atoms with Gasteiger partial charge in [-0.2, -0.15) is 0 Å². The van der Waals surface area contributed by atoms with Gasteiger partial charge >= 0.3 is 0 Å². The van der Waals surface area contributed by atoms with Crippen LogP contribution in [0.15, 0.2) is 73.3 Å². The molecule has 4 heteroatoms. The van der Waals surface area contributed by atoms with E-state index < -0.39 is 6.10 Å². The SMILES string of the molecule is O[C@@H](COc1ccccc1-n1ccnc1)c1ccccc1. The molecule has 0 saturated carbocycles. The van der Waals surface area contributed by atoms with Crippen LogP contribution in [-0.4, -0.2) is 21.3 Å². The van der Waals surface area contributed by atoms with Gasteiger partial charge in [-0.3, -0.25) is 0 Å². The molecule has 0 spiro atoms. The molecule has 0 radical (unpaired) electrons. The van der Waals surface area contributed by atoms with Gasteiger partial charge in [-0.25, -0.2) is 4.98 Å². The van der Waals surface area contributed by atoms with Gasteiger partial charge in [0.15, 0.2) is 0 Å². The number of aliphatic hydroxyl groups is 1. The van der Waals surface area contributed by atoms with Crippen LogP contribution < -0.4 is 4.74 Å². The Hall–Kier alpha value is -2.59. The maximum absolute atomic E-state index is 10.2. The van der Waals surface area contributed by atoms with Gasteiger partial charge in [0, 0.05) is 12.4 Å². The number of aromatic nitrogens is 2. The normalized spacial score (nSPS) is 12.0. The number of rotatable bonds is 5. The van der Waals surface area contributed by atoms with Gasteiger partial charge in [0.25, 0.3) is 0 Å². The molecule has 1 atom stereocenters. The van der Waals surface area contributed by atoms with E-state index in [0.717, 1.165) is 11.3 Å². The van der Waals surface area contributed by atoms with Crippen molar-refractivity contribution in [1.82, 2.24) is 9.55 Å². The van der Waals surface area contributed by atoms with Crippen molar-refractivity contribution in [3.8, 4) is 11.4 Å². The van der Waals surface area contributed by atoms with Crippen LogP contribution in [0.25, 0.3) is 5.69 Å². The molecule has 0 fully saturated rings. The highest BCUT2D eigenvalue weighted by atomic mass is 16.5. The van der Waals surface area contributed by atoms with Gasteiger partial charge in [-0.1, -0.05) is 42.5 Å². The fourth-order valence-electron chi connectivity index (χ4n) is 2.13. The van der Waals surface area contributed by atoms with Gasteiger partial charge in [0.2, 0.25) is 0 Å². The Kier molecular flexibility index (Phi) is 3.98. The Morgan fingerprint density at radius 2 is 1.81 bits per heavy atom. The monoisotopic (exact) mass is 280 g/mol. The molecule has 0 aliphatic carbocycles. The number of aliphatic hydroxyl groups excluding tert-OH is 1. The number of hydrogen-bond acceptors (Lipinski definition) is 3. The summed E-state index contributed by atoms with van der Waals surface area (Å²) in [5, 5.41) is 10.2. The minimum atomic E-state index is -0.651. The molecule has 2 aromatic carbocycles. The van der Waals surface area contributed by atoms with Crippen LogP contribution in [0, 0.1) is 0 Å². The van der Waals surface area contributed by atoms with Gasteiger partial charge < -0.3 is 14.4 Å². The van der Waals surface area contributed by atoms with Crippen molar-refractivity contribution in [3.63, 3.8) is 0 Å². The van der Waals surface area contributed by atoms with Gasteiger partial charge in [-0.05, 0) is 17.7 Å². The fourth-order valence-corrected chi connectivity index (χ4v) is 2.13. The summed E-state index contributed by atoms with van der Waals surface area (Å²) >= 11 is 0. The Morgan fingerprint density at radius 1 is 1.05 bits per heavy atom. The lowest BCUT2D eigenvalue weighted by atomic mass is 10.1. The molecule has 106 valence electrons. The highest BCUT2D eigenvalue weighted by molar-refractivity contribution is 5.46. The van der Waals surface area contributed by atoms with Crippen molar-refractivity contribution in [1.29, 1.82) is 0 Å². The van der Waals surface area contributed by atoms with Crippen LogP contribution in [0.3, 0.4) is 0 Å². The van der Waals surface area contributed by atoms with Crippen molar-refractivity contribution < 1.29 is 9.84 Å². The largest absolute Gasteiger partial charge is 0.488 e. The zero-order valence-electron chi connectivity index (χ0n) is 11.5. The van der Waals surface area contributed by atoms with E-state index in [4.69, 9.17) is 4.74 Å². The molecule has 1 N–H and O–H groups in total. The van der Waals surface area contributed by atoms with Crippen LogP contribution in [0.2, 0.25) is 0 Å². The lowest BCUT2D eigenvalue weighted by Gasteiger charge is -2.15. The summed E-state index contributed by atoms with van der Waals surface area (Å²) in [6, 6.07) is 17.2. The summed E-state index contributed by atoms with van der Waals surface area (Å²) in [6.07, 6.45) is 4.64. The zero-order valence-corrected chi connectivity index (χ0v) is 11.5. The number of imidazole rings is 1. The Labute approximate surface area is 123 Å².